The molecule has 1 N–H and O–H groups in total. The molecule has 2 unspecified atom stereocenters. The van der Waals surface area contributed by atoms with Gasteiger partial charge in [0.1, 0.15) is 0 Å². The zero-order valence-electron chi connectivity index (χ0n) is 11.9. The summed E-state index contributed by atoms with van der Waals surface area (Å²) in [6.45, 7) is 13.3. The Morgan fingerprint density at radius 3 is 2.41 bits per heavy atom. The van der Waals surface area contributed by atoms with Crippen LogP contribution in [-0.2, 0) is 0 Å². The summed E-state index contributed by atoms with van der Waals surface area (Å²) in [6, 6.07) is 3.24. The molecule has 1 saturated carbocycles. The van der Waals surface area contributed by atoms with Crippen molar-refractivity contribution in [1.29, 1.82) is 0 Å². The predicted molar refractivity (Wildman–Crippen MR) is 72.2 cm³/mol. The van der Waals surface area contributed by atoms with E-state index in [1.54, 1.807) is 0 Å². The van der Waals surface area contributed by atoms with E-state index in [0.717, 1.165) is 5.69 Å². The van der Waals surface area contributed by atoms with Crippen LogP contribution in [0.5, 0.6) is 0 Å². The number of rotatable bonds is 3. The molecule has 2 atom stereocenters. The molecule has 0 aromatic carbocycles. The number of hydrogen-bond acceptors (Lipinski definition) is 2. The molecule has 94 valence electrons. The molecule has 0 saturated heterocycles. The summed E-state index contributed by atoms with van der Waals surface area (Å²) >= 11 is 0. The van der Waals surface area contributed by atoms with Crippen LogP contribution >= 0.6 is 0 Å². The van der Waals surface area contributed by atoms with E-state index >= 15 is 0 Å². The molecule has 0 radical (unpaired) electrons. The SMILES string of the molecule is Cc1cc(C)c(C(C)NC2CC2(C)C)c(C)n1. The van der Waals surface area contributed by atoms with Crippen LogP contribution in [0, 0.1) is 26.2 Å². The lowest BCUT2D eigenvalue weighted by molar-refractivity contribution is 0.488. The molecule has 0 aliphatic heterocycles. The van der Waals surface area contributed by atoms with Crippen molar-refractivity contribution in [3.8, 4) is 0 Å². The fourth-order valence-corrected chi connectivity index (χ4v) is 2.83. The Balaban J connectivity index is 2.17. The Labute approximate surface area is 105 Å². The molecule has 2 heteroatoms. The van der Waals surface area contributed by atoms with E-state index in [0.29, 0.717) is 17.5 Å². The van der Waals surface area contributed by atoms with Gasteiger partial charge in [0.15, 0.2) is 0 Å². The maximum Gasteiger partial charge on any atom is 0.0426 e. The first-order valence-electron chi connectivity index (χ1n) is 6.52. The molecular weight excluding hydrogens is 208 g/mol. The topological polar surface area (TPSA) is 24.9 Å². The van der Waals surface area contributed by atoms with Gasteiger partial charge in [-0.2, -0.15) is 0 Å². The van der Waals surface area contributed by atoms with Gasteiger partial charge in [0.05, 0.1) is 0 Å². The van der Waals surface area contributed by atoms with Gasteiger partial charge in [-0.25, -0.2) is 0 Å². The summed E-state index contributed by atoms with van der Waals surface area (Å²) in [7, 11) is 0. The summed E-state index contributed by atoms with van der Waals surface area (Å²) in [5.41, 5.74) is 5.49. The smallest absolute Gasteiger partial charge is 0.0426 e. The minimum atomic E-state index is 0.398. The maximum atomic E-state index is 4.58. The second-order valence-corrected chi connectivity index (χ2v) is 6.21. The van der Waals surface area contributed by atoms with E-state index in [2.05, 4.69) is 57.9 Å². The van der Waals surface area contributed by atoms with E-state index in [9.17, 15) is 0 Å². The average Bonchev–Trinajstić information content (AvgIpc) is 2.70. The van der Waals surface area contributed by atoms with Crippen molar-refractivity contribution >= 4 is 0 Å². The van der Waals surface area contributed by atoms with E-state index in [1.807, 2.05) is 0 Å². The maximum absolute atomic E-state index is 4.58. The van der Waals surface area contributed by atoms with E-state index in [4.69, 9.17) is 0 Å². The molecule has 1 aromatic rings. The Hall–Kier alpha value is -0.890. The highest BCUT2D eigenvalue weighted by Gasteiger charge is 2.46. The molecule has 2 rings (SSSR count). The molecule has 2 nitrogen and oxygen atoms in total. The van der Waals surface area contributed by atoms with Crippen LogP contribution in [0.4, 0.5) is 0 Å². The van der Waals surface area contributed by atoms with Gasteiger partial charge in [0, 0.05) is 23.5 Å². The first-order valence-corrected chi connectivity index (χ1v) is 6.52. The van der Waals surface area contributed by atoms with Crippen molar-refractivity contribution in [2.75, 3.05) is 0 Å². The van der Waals surface area contributed by atoms with Crippen LogP contribution < -0.4 is 5.32 Å². The second kappa shape index (κ2) is 4.09. The minimum Gasteiger partial charge on any atom is -0.307 e. The summed E-state index contributed by atoms with van der Waals surface area (Å²) in [6.07, 6.45) is 1.29. The standard InChI is InChI=1S/C15H24N2/c1-9-7-10(2)16-11(3)14(9)12(4)17-13-8-15(13,5)6/h7,12-13,17H,8H2,1-6H3. The van der Waals surface area contributed by atoms with Crippen LogP contribution in [0.25, 0.3) is 0 Å². The van der Waals surface area contributed by atoms with Crippen LogP contribution in [0.15, 0.2) is 6.07 Å². The van der Waals surface area contributed by atoms with Gasteiger partial charge < -0.3 is 5.32 Å². The zero-order valence-corrected chi connectivity index (χ0v) is 11.9. The molecule has 17 heavy (non-hydrogen) atoms. The van der Waals surface area contributed by atoms with Gasteiger partial charge in [-0.05, 0) is 56.7 Å². The molecule has 0 amide bonds. The lowest BCUT2D eigenvalue weighted by atomic mass is 10.00. The first kappa shape index (κ1) is 12.6. The molecule has 1 heterocycles. The fraction of sp³-hybridized carbons (Fsp3) is 0.667. The number of aryl methyl sites for hydroxylation is 3. The Bertz CT molecular complexity index is 412. The number of pyridine rings is 1. The molecule has 1 aliphatic rings. The summed E-state index contributed by atoms with van der Waals surface area (Å²) < 4.78 is 0. The van der Waals surface area contributed by atoms with Gasteiger partial charge in [0.2, 0.25) is 0 Å². The molecule has 0 bridgehead atoms. The fourth-order valence-electron chi connectivity index (χ4n) is 2.83. The van der Waals surface area contributed by atoms with Gasteiger partial charge in [0.25, 0.3) is 0 Å². The Kier molecular flexibility index (Phi) is 3.03. The van der Waals surface area contributed by atoms with Crippen molar-refractivity contribution in [3.05, 3.63) is 28.6 Å². The van der Waals surface area contributed by atoms with Crippen LogP contribution in [0.2, 0.25) is 0 Å². The number of aromatic nitrogens is 1. The quantitative estimate of drug-likeness (QED) is 0.863. The zero-order chi connectivity index (χ0) is 12.8. The van der Waals surface area contributed by atoms with Crippen molar-refractivity contribution in [3.63, 3.8) is 0 Å². The van der Waals surface area contributed by atoms with Gasteiger partial charge in [-0.3, -0.25) is 4.98 Å². The summed E-state index contributed by atoms with van der Waals surface area (Å²) in [4.78, 5) is 4.58. The lowest BCUT2D eigenvalue weighted by Crippen LogP contribution is -2.25. The van der Waals surface area contributed by atoms with E-state index < -0.39 is 0 Å². The van der Waals surface area contributed by atoms with E-state index in [-0.39, 0.29) is 0 Å². The highest BCUT2D eigenvalue weighted by atomic mass is 15.0. The van der Waals surface area contributed by atoms with Crippen LogP contribution in [0.3, 0.4) is 0 Å². The molecular formula is C15H24N2. The average molecular weight is 232 g/mol. The lowest BCUT2D eigenvalue weighted by Gasteiger charge is -2.20. The van der Waals surface area contributed by atoms with Gasteiger partial charge >= 0.3 is 0 Å². The minimum absolute atomic E-state index is 0.398. The molecule has 1 aromatic heterocycles. The van der Waals surface area contributed by atoms with Gasteiger partial charge in [-0.1, -0.05) is 13.8 Å². The van der Waals surface area contributed by atoms with E-state index in [1.165, 1.54) is 23.2 Å². The Morgan fingerprint density at radius 2 is 1.94 bits per heavy atom. The molecule has 1 aliphatic carbocycles. The number of nitrogens with zero attached hydrogens (tertiary/aromatic N) is 1. The van der Waals surface area contributed by atoms with Crippen molar-refractivity contribution < 1.29 is 0 Å². The normalized spacial score (nSPS) is 23.5. The number of nitrogens with one attached hydrogen (secondary N) is 1. The summed E-state index contributed by atoms with van der Waals surface area (Å²) in [5, 5.41) is 3.72. The van der Waals surface area contributed by atoms with Crippen LogP contribution in [0.1, 0.15) is 55.7 Å². The van der Waals surface area contributed by atoms with Crippen molar-refractivity contribution in [2.24, 2.45) is 5.41 Å². The molecule has 0 spiro atoms. The Morgan fingerprint density at radius 1 is 1.35 bits per heavy atom. The van der Waals surface area contributed by atoms with Crippen LogP contribution in [-0.4, -0.2) is 11.0 Å². The second-order valence-electron chi connectivity index (χ2n) is 6.21. The molecule has 1 fully saturated rings. The highest BCUT2D eigenvalue weighted by Crippen LogP contribution is 2.45. The third-order valence-electron chi connectivity index (χ3n) is 3.98. The van der Waals surface area contributed by atoms with Gasteiger partial charge in [-0.15, -0.1) is 0 Å². The number of hydrogen-bond donors (Lipinski definition) is 1. The highest BCUT2D eigenvalue weighted by molar-refractivity contribution is 5.33. The summed E-state index contributed by atoms with van der Waals surface area (Å²) in [5.74, 6) is 0. The monoisotopic (exact) mass is 232 g/mol. The first-order chi connectivity index (χ1) is 7.81. The largest absolute Gasteiger partial charge is 0.307 e. The third-order valence-corrected chi connectivity index (χ3v) is 3.98. The third kappa shape index (κ3) is 2.52. The van der Waals surface area contributed by atoms with Crippen molar-refractivity contribution in [2.45, 2.75) is 60.0 Å². The predicted octanol–water partition coefficient (Wildman–Crippen LogP) is 3.46. The van der Waals surface area contributed by atoms with Crippen molar-refractivity contribution in [1.82, 2.24) is 10.3 Å².